The van der Waals surface area contributed by atoms with Crippen LogP contribution in [0.2, 0.25) is 0 Å². The fourth-order valence-corrected chi connectivity index (χ4v) is 2.45. The summed E-state index contributed by atoms with van der Waals surface area (Å²) in [5.74, 6) is 0.576. The van der Waals surface area contributed by atoms with E-state index in [0.29, 0.717) is 25.3 Å². The van der Waals surface area contributed by atoms with Crippen molar-refractivity contribution < 1.29 is 9.13 Å². The number of rotatable bonds is 6. The molecule has 1 aromatic carbocycles. The van der Waals surface area contributed by atoms with Crippen LogP contribution in [0, 0.1) is 5.82 Å². The summed E-state index contributed by atoms with van der Waals surface area (Å²) in [5, 5.41) is 0. The Hall–Kier alpha value is -1.46. The maximum atomic E-state index is 13.7. The van der Waals surface area contributed by atoms with Crippen LogP contribution in [0.5, 0.6) is 5.75 Å². The molecule has 2 rings (SSSR count). The Kier molecular flexibility index (Phi) is 5.70. The Bertz CT molecular complexity index is 589. The molecule has 0 saturated heterocycles. The largest absolute Gasteiger partial charge is 0.492 e. The fourth-order valence-electron chi connectivity index (χ4n) is 2.04. The number of ether oxygens (including phenoxy) is 1. The van der Waals surface area contributed by atoms with Crippen molar-refractivity contribution in [3.8, 4) is 5.75 Å². The van der Waals surface area contributed by atoms with Crippen LogP contribution in [0.4, 0.5) is 4.39 Å². The van der Waals surface area contributed by atoms with E-state index >= 15 is 0 Å². The molecule has 0 amide bonds. The number of hydrogen-bond donors (Lipinski definition) is 0. The van der Waals surface area contributed by atoms with E-state index in [1.54, 1.807) is 18.3 Å². The standard InChI is InChI=1S/C16H18BrFN2O/c1-3-21-15-6-5-14(19-9-15)11-20(2)10-12-8-13(17)4-7-16(12)18/h4-9H,3,10-11H2,1-2H3. The second-order valence-electron chi connectivity index (χ2n) is 4.83. The predicted molar refractivity (Wildman–Crippen MR) is 84.7 cm³/mol. The summed E-state index contributed by atoms with van der Waals surface area (Å²) in [5.41, 5.74) is 1.59. The summed E-state index contributed by atoms with van der Waals surface area (Å²) in [6, 6.07) is 8.81. The number of benzene rings is 1. The van der Waals surface area contributed by atoms with Crippen molar-refractivity contribution in [3.63, 3.8) is 0 Å². The van der Waals surface area contributed by atoms with Gasteiger partial charge >= 0.3 is 0 Å². The zero-order chi connectivity index (χ0) is 15.2. The molecule has 3 nitrogen and oxygen atoms in total. The van der Waals surface area contributed by atoms with Gasteiger partial charge in [-0.05, 0) is 44.3 Å². The lowest BCUT2D eigenvalue weighted by atomic mass is 10.2. The van der Waals surface area contributed by atoms with Gasteiger partial charge in [-0.3, -0.25) is 9.88 Å². The first kappa shape index (κ1) is 15.9. The Morgan fingerprint density at radius 2 is 2.05 bits per heavy atom. The molecule has 21 heavy (non-hydrogen) atoms. The first-order chi connectivity index (χ1) is 10.1. The van der Waals surface area contributed by atoms with E-state index in [0.717, 1.165) is 15.9 Å². The smallest absolute Gasteiger partial charge is 0.137 e. The molecule has 1 heterocycles. The molecule has 0 aliphatic rings. The molecule has 0 unspecified atom stereocenters. The van der Waals surface area contributed by atoms with Gasteiger partial charge in [-0.1, -0.05) is 15.9 Å². The third-order valence-corrected chi connectivity index (χ3v) is 3.48. The van der Waals surface area contributed by atoms with E-state index < -0.39 is 0 Å². The third-order valence-electron chi connectivity index (χ3n) is 2.99. The van der Waals surface area contributed by atoms with E-state index in [1.807, 2.05) is 31.0 Å². The Balaban J connectivity index is 1.97. The fraction of sp³-hybridized carbons (Fsp3) is 0.312. The highest BCUT2D eigenvalue weighted by molar-refractivity contribution is 9.10. The van der Waals surface area contributed by atoms with Crippen LogP contribution in [0.1, 0.15) is 18.2 Å². The zero-order valence-electron chi connectivity index (χ0n) is 12.1. The summed E-state index contributed by atoms with van der Waals surface area (Å²) < 4.78 is 20.0. The molecule has 0 saturated carbocycles. The number of halogens is 2. The minimum Gasteiger partial charge on any atom is -0.492 e. The highest BCUT2D eigenvalue weighted by Gasteiger charge is 2.08. The summed E-state index contributed by atoms with van der Waals surface area (Å²) >= 11 is 3.36. The van der Waals surface area contributed by atoms with Crippen LogP contribution in [0.15, 0.2) is 41.0 Å². The predicted octanol–water partition coefficient (Wildman–Crippen LogP) is 4.01. The van der Waals surface area contributed by atoms with Crippen molar-refractivity contribution >= 4 is 15.9 Å². The van der Waals surface area contributed by atoms with Gasteiger partial charge in [0.05, 0.1) is 18.5 Å². The van der Waals surface area contributed by atoms with Gasteiger partial charge in [0.15, 0.2) is 0 Å². The molecular weight excluding hydrogens is 335 g/mol. The van der Waals surface area contributed by atoms with Gasteiger partial charge in [0.2, 0.25) is 0 Å². The van der Waals surface area contributed by atoms with Crippen molar-refractivity contribution in [3.05, 3.63) is 58.1 Å². The quantitative estimate of drug-likeness (QED) is 0.785. The average molecular weight is 353 g/mol. The van der Waals surface area contributed by atoms with E-state index in [4.69, 9.17) is 4.74 Å². The Morgan fingerprint density at radius 1 is 1.24 bits per heavy atom. The van der Waals surface area contributed by atoms with Crippen LogP contribution in [-0.4, -0.2) is 23.5 Å². The molecule has 0 N–H and O–H groups in total. The highest BCUT2D eigenvalue weighted by Crippen LogP contribution is 2.18. The van der Waals surface area contributed by atoms with Crippen molar-refractivity contribution in [1.82, 2.24) is 9.88 Å². The van der Waals surface area contributed by atoms with E-state index in [-0.39, 0.29) is 5.82 Å². The molecule has 0 aliphatic heterocycles. The molecule has 5 heteroatoms. The van der Waals surface area contributed by atoms with Gasteiger partial charge < -0.3 is 4.74 Å². The maximum absolute atomic E-state index is 13.7. The lowest BCUT2D eigenvalue weighted by molar-refractivity contribution is 0.308. The van der Waals surface area contributed by atoms with Crippen molar-refractivity contribution in [2.75, 3.05) is 13.7 Å². The Morgan fingerprint density at radius 3 is 2.71 bits per heavy atom. The summed E-state index contributed by atoms with van der Waals surface area (Å²) in [4.78, 5) is 6.37. The van der Waals surface area contributed by atoms with Crippen molar-refractivity contribution in [1.29, 1.82) is 0 Å². The van der Waals surface area contributed by atoms with Crippen LogP contribution in [-0.2, 0) is 13.1 Å². The average Bonchev–Trinajstić information content (AvgIpc) is 2.45. The summed E-state index contributed by atoms with van der Waals surface area (Å²) in [7, 11) is 1.94. The van der Waals surface area contributed by atoms with Crippen molar-refractivity contribution in [2.24, 2.45) is 0 Å². The SMILES string of the molecule is CCOc1ccc(CN(C)Cc2cc(Br)ccc2F)nc1. The molecule has 1 aromatic heterocycles. The molecule has 0 bridgehead atoms. The van der Waals surface area contributed by atoms with E-state index in [9.17, 15) is 4.39 Å². The summed E-state index contributed by atoms with van der Waals surface area (Å²) in [6.07, 6.45) is 1.71. The number of hydrogen-bond acceptors (Lipinski definition) is 3. The maximum Gasteiger partial charge on any atom is 0.137 e. The molecule has 112 valence electrons. The van der Waals surface area contributed by atoms with Gasteiger partial charge in [-0.15, -0.1) is 0 Å². The molecule has 0 radical (unpaired) electrons. The second-order valence-corrected chi connectivity index (χ2v) is 5.74. The molecule has 0 aliphatic carbocycles. The lowest BCUT2D eigenvalue weighted by Crippen LogP contribution is -2.18. The molecule has 0 fully saturated rings. The minimum atomic E-state index is -0.190. The second kappa shape index (κ2) is 7.52. The zero-order valence-corrected chi connectivity index (χ0v) is 13.7. The summed E-state index contributed by atoms with van der Waals surface area (Å²) in [6.45, 7) is 3.75. The minimum absolute atomic E-state index is 0.190. The van der Waals surface area contributed by atoms with E-state index in [1.165, 1.54) is 6.07 Å². The van der Waals surface area contributed by atoms with Crippen LogP contribution >= 0.6 is 15.9 Å². The van der Waals surface area contributed by atoms with Gasteiger partial charge in [0.25, 0.3) is 0 Å². The number of nitrogens with zero attached hydrogens (tertiary/aromatic N) is 2. The Labute approximate surface area is 132 Å². The van der Waals surface area contributed by atoms with Gasteiger partial charge in [0.1, 0.15) is 11.6 Å². The lowest BCUT2D eigenvalue weighted by Gasteiger charge is -2.17. The molecule has 2 aromatic rings. The topological polar surface area (TPSA) is 25.4 Å². The molecule has 0 spiro atoms. The normalized spacial score (nSPS) is 10.9. The monoisotopic (exact) mass is 352 g/mol. The van der Waals surface area contributed by atoms with Crippen LogP contribution < -0.4 is 4.74 Å². The number of aromatic nitrogens is 1. The number of pyridine rings is 1. The van der Waals surface area contributed by atoms with E-state index in [2.05, 4.69) is 20.9 Å². The molecular formula is C16H18BrFN2O. The van der Waals surface area contributed by atoms with Crippen molar-refractivity contribution in [2.45, 2.75) is 20.0 Å². The first-order valence-corrected chi connectivity index (χ1v) is 7.58. The third kappa shape index (κ3) is 4.79. The molecule has 0 atom stereocenters. The van der Waals surface area contributed by atoms with Gasteiger partial charge in [0, 0.05) is 23.1 Å². The van der Waals surface area contributed by atoms with Gasteiger partial charge in [-0.25, -0.2) is 4.39 Å². The van der Waals surface area contributed by atoms with Gasteiger partial charge in [-0.2, -0.15) is 0 Å². The highest BCUT2D eigenvalue weighted by atomic mass is 79.9. The van der Waals surface area contributed by atoms with Crippen LogP contribution in [0.25, 0.3) is 0 Å². The first-order valence-electron chi connectivity index (χ1n) is 6.78. The van der Waals surface area contributed by atoms with Crippen LogP contribution in [0.3, 0.4) is 0 Å².